The number of carbonyl (C=O) groups is 4. The Morgan fingerprint density at radius 3 is 0.908 bits per heavy atom. The molecule has 0 radical (unpaired) electrons. The summed E-state index contributed by atoms with van der Waals surface area (Å²) >= 11 is 47.2. The van der Waals surface area contributed by atoms with Gasteiger partial charge in [-0.1, -0.05) is 124 Å². The van der Waals surface area contributed by atoms with Crippen molar-refractivity contribution in [3.63, 3.8) is 0 Å². The quantitative estimate of drug-likeness (QED) is 0.0502. The van der Waals surface area contributed by atoms with Crippen molar-refractivity contribution in [2.75, 3.05) is 26.2 Å². The van der Waals surface area contributed by atoms with Crippen LogP contribution < -0.4 is 0 Å². The van der Waals surface area contributed by atoms with Crippen LogP contribution in [0.3, 0.4) is 0 Å². The Labute approximate surface area is 793 Å². The van der Waals surface area contributed by atoms with Crippen molar-refractivity contribution in [3.8, 4) is 0 Å². The largest absolute Gasteiger partial charge is 0.459 e. The van der Waals surface area contributed by atoms with Gasteiger partial charge in [0.25, 0.3) is 0 Å². The molecule has 8 heterocycles. The van der Waals surface area contributed by atoms with Crippen LogP contribution in [-0.4, -0.2) is 131 Å². The molecule has 4 aliphatic heterocycles. The Hall–Kier alpha value is -9.13. The molecule has 3 N–H and O–H groups in total. The minimum atomic E-state index is -1.53. The SMILES string of the molecule is CC(=O)/C=C/c1cc(Cl)c(C2c3[nH]c4ccc(F)cc4c3CC(C)N2CC(C)(C)F)c(Cl)c1.CC(=O)/C=C/c1cc(Cl)c(C2c3[nH]c4ccc(F)cc4c3CC(C)N2CC(C)(C)F)c(Cl)c1.CC(=O)/C=C/c1cc(Cl)c(C2c3oc4ccccc4c3CC(C)N2CC(C)(C)F)c(Cl)c1.CC(=O)/C=C/c1cc(F)c(C2c3[nH]c4ccc(F)cc4c3CC(C)N2CC(C)(C)F)c(Cl)c1. The third-order valence-corrected chi connectivity index (χ3v) is 26.1. The second-order valence-corrected chi connectivity index (χ2v) is 40.2. The molecule has 131 heavy (non-hydrogen) atoms. The van der Waals surface area contributed by atoms with Crippen LogP contribution in [0, 0.1) is 23.3 Å². The van der Waals surface area contributed by atoms with E-state index in [0.717, 1.165) is 95.1 Å². The molecule has 4 aromatic heterocycles. The first-order chi connectivity index (χ1) is 61.4. The number of nitrogens with one attached hydrogen (secondary N) is 3. The number of furan rings is 1. The van der Waals surface area contributed by atoms with Gasteiger partial charge in [0.1, 0.15) is 57.3 Å². The van der Waals surface area contributed by atoms with E-state index in [4.69, 9.17) is 85.6 Å². The van der Waals surface area contributed by atoms with Crippen LogP contribution in [0.2, 0.25) is 35.2 Å². The number of aromatic amines is 3. The zero-order valence-corrected chi connectivity index (χ0v) is 80.8. The number of hydrogen-bond donors (Lipinski definition) is 3. The number of H-pyrrole nitrogens is 3. The molecule has 690 valence electrons. The van der Waals surface area contributed by atoms with Gasteiger partial charge in [0.15, 0.2) is 23.1 Å². The van der Waals surface area contributed by atoms with Crippen molar-refractivity contribution < 1.29 is 58.7 Å². The molecule has 0 saturated heterocycles. The molecule has 0 fully saturated rings. The van der Waals surface area contributed by atoms with Gasteiger partial charge in [0, 0.05) is 168 Å². The Morgan fingerprint density at radius 1 is 0.359 bits per heavy atom. The summed E-state index contributed by atoms with van der Waals surface area (Å²) in [5.41, 5.74) is 8.43. The molecule has 27 heteroatoms. The maximum atomic E-state index is 15.6. The minimum absolute atomic E-state index is 0.0378. The number of alkyl halides is 4. The average molecular weight is 1930 g/mol. The Bertz CT molecular complexity index is 5980. The molecule has 12 aromatic rings. The van der Waals surface area contributed by atoms with Crippen LogP contribution in [0.1, 0.15) is 225 Å². The van der Waals surface area contributed by atoms with E-state index >= 15 is 4.39 Å². The lowest BCUT2D eigenvalue weighted by atomic mass is 9.87. The summed E-state index contributed by atoms with van der Waals surface area (Å²) in [6.45, 7) is 26.8. The van der Waals surface area contributed by atoms with Crippen LogP contribution in [0.5, 0.6) is 0 Å². The number of benzene rings is 8. The van der Waals surface area contributed by atoms with Crippen molar-refractivity contribution >= 4 is 172 Å². The van der Waals surface area contributed by atoms with Crippen LogP contribution in [0.15, 0.2) is 156 Å². The maximum Gasteiger partial charge on any atom is 0.152 e. The first-order valence-corrected chi connectivity index (χ1v) is 45.9. The van der Waals surface area contributed by atoms with Crippen LogP contribution in [0.25, 0.3) is 68.0 Å². The number of hydrogen-bond acceptors (Lipinski definition) is 9. The van der Waals surface area contributed by atoms with Crippen molar-refractivity contribution in [2.24, 2.45) is 0 Å². The first-order valence-electron chi connectivity index (χ1n) is 43.3. The molecular formula is C104H104Cl7F8N7O5. The van der Waals surface area contributed by atoms with Crippen LogP contribution >= 0.6 is 81.2 Å². The third-order valence-electron chi connectivity index (χ3n) is 23.9. The number of aromatic nitrogens is 3. The number of halogens is 15. The molecule has 8 unspecified atom stereocenters. The van der Waals surface area contributed by atoms with E-state index in [1.54, 1.807) is 120 Å². The Morgan fingerprint density at radius 2 is 0.618 bits per heavy atom. The van der Waals surface area contributed by atoms with Gasteiger partial charge in [0.05, 0.1) is 24.2 Å². The highest BCUT2D eigenvalue weighted by atomic mass is 35.5. The highest BCUT2D eigenvalue weighted by Crippen LogP contribution is 2.53. The molecule has 0 spiro atoms. The number of nitrogens with zero attached hydrogens (tertiary/aromatic N) is 4. The standard InChI is InChI=1S/2C26H26Cl2F2N2O.C26H26Cl2FNO2.C26H26ClF3N2O/c2*1-14-9-19-18-12-17(29)7-8-22(18)31-24(19)25(32(14)13-26(3,4)30)23-20(27)10-16(11-21(23)28)6-5-15(2)33;1-15-11-19-18-7-5-6-8-22(18)32-25(19)24(30(15)14-26(3,4)29)23-20(27)12-17(13-21(23)28)10-9-16(2)31;1-14-9-19-18-12-17(28)7-8-22(18)31-24(19)25(32(14)13-26(3,4)30)23-20(27)10-16(11-21(23)29)6-5-15(2)33/h2*5-8,10-12,14,25,31H,9,13H2,1-4H3;5-10,12-13,15,24H,11,14H2,1-4H3;5-8,10-12,14,25,31H,9,13H2,1-4H3/b2*6-5+;10-9+;6-5+. The Balaban J connectivity index is 0.000000149. The fourth-order valence-corrected chi connectivity index (χ4v) is 21.1. The van der Waals surface area contributed by atoms with E-state index in [1.165, 1.54) is 114 Å². The predicted molar refractivity (Wildman–Crippen MR) is 518 cm³/mol. The number of fused-ring (bicyclic) bond motifs is 12. The molecule has 12 nitrogen and oxygen atoms in total. The summed E-state index contributed by atoms with van der Waals surface area (Å²) in [5, 5.41) is 6.18. The van der Waals surface area contributed by atoms with Gasteiger partial charge in [-0.3, -0.25) is 38.8 Å². The fourth-order valence-electron chi connectivity index (χ4n) is 18.6. The zero-order chi connectivity index (χ0) is 95.4. The summed E-state index contributed by atoms with van der Waals surface area (Å²) in [7, 11) is 0. The molecule has 0 amide bonds. The van der Waals surface area contributed by atoms with Gasteiger partial charge in [-0.2, -0.15) is 0 Å². The van der Waals surface area contributed by atoms with Gasteiger partial charge in [-0.05, 0) is 309 Å². The normalized spacial score (nSPS) is 19.4. The van der Waals surface area contributed by atoms with Gasteiger partial charge < -0.3 is 19.4 Å². The second-order valence-electron chi connectivity index (χ2n) is 37.3. The van der Waals surface area contributed by atoms with E-state index < -0.39 is 52.7 Å². The van der Waals surface area contributed by atoms with Gasteiger partial charge in [0.2, 0.25) is 0 Å². The van der Waals surface area contributed by atoms with E-state index in [0.29, 0.717) is 88.5 Å². The van der Waals surface area contributed by atoms with Crippen LogP contribution in [0.4, 0.5) is 35.1 Å². The third kappa shape index (κ3) is 22.9. The van der Waals surface area contributed by atoms with Crippen molar-refractivity contribution in [3.05, 3.63) is 300 Å². The Kier molecular flexibility index (Phi) is 30.2. The van der Waals surface area contributed by atoms with Crippen molar-refractivity contribution in [1.82, 2.24) is 34.6 Å². The molecule has 4 aliphatic rings. The lowest BCUT2D eigenvalue weighted by molar-refractivity contribution is -0.113. The molecular weight excluding hydrogens is 1830 g/mol. The number of rotatable bonds is 20. The van der Waals surface area contributed by atoms with E-state index in [9.17, 15) is 49.9 Å². The smallest absolute Gasteiger partial charge is 0.152 e. The lowest BCUT2D eigenvalue weighted by Gasteiger charge is -2.43. The van der Waals surface area contributed by atoms with Gasteiger partial charge in [-0.25, -0.2) is 35.1 Å². The first kappa shape index (κ1) is 99.3. The summed E-state index contributed by atoms with van der Waals surface area (Å²) in [6.07, 6.45) is 14.8. The molecule has 16 rings (SSSR count). The average Bonchev–Trinajstić information content (AvgIpc) is 1.63. The maximum absolute atomic E-state index is 15.6. The molecule has 0 aliphatic carbocycles. The topological polar surface area (TPSA) is 142 Å². The minimum Gasteiger partial charge on any atom is -0.459 e. The second kappa shape index (κ2) is 39.8. The van der Waals surface area contributed by atoms with Gasteiger partial charge in [-0.15, -0.1) is 0 Å². The monoisotopic (exact) mass is 1930 g/mol. The molecule has 8 aromatic carbocycles. The van der Waals surface area contributed by atoms with Crippen molar-refractivity contribution in [1.29, 1.82) is 0 Å². The highest BCUT2D eigenvalue weighted by molar-refractivity contribution is 6.38. The summed E-state index contributed by atoms with van der Waals surface area (Å²) in [4.78, 5) is 63.6. The number of ketones is 4. The molecule has 0 bridgehead atoms. The van der Waals surface area contributed by atoms with Crippen molar-refractivity contribution in [2.45, 2.75) is 207 Å². The fraction of sp³-hybridized carbons (Fsp3) is 0.346. The number of para-hydroxylation sites is 1. The predicted octanol–water partition coefficient (Wildman–Crippen LogP) is 28.8. The van der Waals surface area contributed by atoms with E-state index in [-0.39, 0.29) is 102 Å². The summed E-state index contributed by atoms with van der Waals surface area (Å²) in [6, 6.07) is 33.1. The van der Waals surface area contributed by atoms with Gasteiger partial charge >= 0.3 is 0 Å². The van der Waals surface area contributed by atoms with E-state index in [2.05, 4.69) is 42.6 Å². The van der Waals surface area contributed by atoms with E-state index in [1.807, 2.05) is 43.9 Å². The number of carbonyl (C=O) groups excluding carboxylic acids is 4. The summed E-state index contributed by atoms with van der Waals surface area (Å²) < 4.78 is 124. The molecule has 8 atom stereocenters. The lowest BCUT2D eigenvalue weighted by Crippen LogP contribution is -2.48. The molecule has 0 saturated carbocycles. The zero-order valence-electron chi connectivity index (χ0n) is 75.5. The number of allylic oxidation sites excluding steroid dienone is 4. The van der Waals surface area contributed by atoms with Crippen LogP contribution in [-0.2, 0) is 44.9 Å². The summed E-state index contributed by atoms with van der Waals surface area (Å²) in [5.74, 6) is -1.17. The highest BCUT2D eigenvalue weighted by Gasteiger charge is 2.46.